The summed E-state index contributed by atoms with van der Waals surface area (Å²) >= 11 is 0. The van der Waals surface area contributed by atoms with Gasteiger partial charge in [-0.1, -0.05) is 18.2 Å². The zero-order chi connectivity index (χ0) is 14.1. The summed E-state index contributed by atoms with van der Waals surface area (Å²) in [7, 11) is 5.71. The largest absolute Gasteiger partial charge is 0.497 e. The SMILES string of the molecule is COc1cccc(N(C)c2nc3ccccc3n2C)c1. The number of anilines is 2. The van der Waals surface area contributed by atoms with E-state index in [4.69, 9.17) is 9.72 Å². The fourth-order valence-corrected chi connectivity index (χ4v) is 2.37. The van der Waals surface area contributed by atoms with Crippen LogP contribution >= 0.6 is 0 Å². The van der Waals surface area contributed by atoms with Crippen molar-refractivity contribution in [3.05, 3.63) is 48.5 Å². The molecule has 0 saturated heterocycles. The Bertz CT molecular complexity index is 748. The molecule has 0 unspecified atom stereocenters. The third-order valence-electron chi connectivity index (χ3n) is 3.50. The number of para-hydroxylation sites is 2. The van der Waals surface area contributed by atoms with E-state index in [1.165, 1.54) is 0 Å². The number of aromatic nitrogens is 2. The van der Waals surface area contributed by atoms with E-state index in [0.717, 1.165) is 28.4 Å². The number of hydrogen-bond acceptors (Lipinski definition) is 3. The van der Waals surface area contributed by atoms with Crippen LogP contribution in [0.15, 0.2) is 48.5 Å². The summed E-state index contributed by atoms with van der Waals surface area (Å²) in [5.41, 5.74) is 3.17. The summed E-state index contributed by atoms with van der Waals surface area (Å²) in [6, 6.07) is 16.1. The predicted octanol–water partition coefficient (Wildman–Crippen LogP) is 3.35. The first-order valence-corrected chi connectivity index (χ1v) is 6.50. The van der Waals surface area contributed by atoms with E-state index < -0.39 is 0 Å². The van der Waals surface area contributed by atoms with Gasteiger partial charge in [0.2, 0.25) is 5.95 Å². The molecule has 3 aromatic rings. The molecule has 0 aliphatic rings. The van der Waals surface area contributed by atoms with Crippen molar-refractivity contribution in [2.75, 3.05) is 19.1 Å². The van der Waals surface area contributed by atoms with E-state index in [1.54, 1.807) is 7.11 Å². The standard InChI is InChI=1S/C16H17N3O/c1-18(12-7-6-8-13(11-12)20-3)16-17-14-9-4-5-10-15(14)19(16)2/h4-11H,1-3H3. The highest BCUT2D eigenvalue weighted by atomic mass is 16.5. The van der Waals surface area contributed by atoms with Gasteiger partial charge in [-0.3, -0.25) is 0 Å². The van der Waals surface area contributed by atoms with Crippen LogP contribution in [0.5, 0.6) is 5.75 Å². The van der Waals surface area contributed by atoms with Crippen molar-refractivity contribution in [1.82, 2.24) is 9.55 Å². The second kappa shape index (κ2) is 4.89. The molecule has 2 aromatic carbocycles. The number of ether oxygens (including phenoxy) is 1. The monoisotopic (exact) mass is 267 g/mol. The molecule has 1 aromatic heterocycles. The smallest absolute Gasteiger partial charge is 0.210 e. The van der Waals surface area contributed by atoms with Gasteiger partial charge in [-0.2, -0.15) is 0 Å². The molecule has 3 rings (SSSR count). The molecule has 0 N–H and O–H groups in total. The van der Waals surface area contributed by atoms with Crippen LogP contribution in [0.2, 0.25) is 0 Å². The molecule has 0 aliphatic carbocycles. The van der Waals surface area contributed by atoms with Crippen molar-refractivity contribution in [1.29, 1.82) is 0 Å². The van der Waals surface area contributed by atoms with Crippen molar-refractivity contribution in [2.24, 2.45) is 7.05 Å². The van der Waals surface area contributed by atoms with E-state index in [9.17, 15) is 0 Å². The lowest BCUT2D eigenvalue weighted by molar-refractivity contribution is 0.415. The van der Waals surface area contributed by atoms with Crippen LogP contribution < -0.4 is 9.64 Å². The van der Waals surface area contributed by atoms with Gasteiger partial charge >= 0.3 is 0 Å². The fourth-order valence-electron chi connectivity index (χ4n) is 2.37. The highest BCUT2D eigenvalue weighted by molar-refractivity contribution is 5.80. The van der Waals surface area contributed by atoms with Gasteiger partial charge in [0.1, 0.15) is 5.75 Å². The summed E-state index contributed by atoms with van der Waals surface area (Å²) in [5.74, 6) is 1.74. The number of benzene rings is 2. The number of imidazole rings is 1. The lowest BCUT2D eigenvalue weighted by Gasteiger charge is -2.19. The molecule has 0 aliphatic heterocycles. The van der Waals surface area contributed by atoms with Crippen LogP contribution in [-0.4, -0.2) is 23.7 Å². The Balaban J connectivity index is 2.07. The molecule has 1 heterocycles. The average Bonchev–Trinajstić information content (AvgIpc) is 2.84. The van der Waals surface area contributed by atoms with Crippen LogP contribution in [0, 0.1) is 0 Å². The van der Waals surface area contributed by atoms with Crippen molar-refractivity contribution in [3.63, 3.8) is 0 Å². The van der Waals surface area contributed by atoms with Crippen molar-refractivity contribution in [2.45, 2.75) is 0 Å². The Morgan fingerprint density at radius 1 is 1.10 bits per heavy atom. The Hall–Kier alpha value is -2.49. The Labute approximate surface area is 118 Å². The molecule has 0 fully saturated rings. The maximum absolute atomic E-state index is 5.28. The van der Waals surface area contributed by atoms with Gasteiger partial charge in [-0.15, -0.1) is 0 Å². The fraction of sp³-hybridized carbons (Fsp3) is 0.188. The number of hydrogen-bond donors (Lipinski definition) is 0. The lowest BCUT2D eigenvalue weighted by atomic mass is 10.3. The van der Waals surface area contributed by atoms with Crippen LogP contribution in [0.1, 0.15) is 0 Å². The molecule has 4 heteroatoms. The first-order chi connectivity index (χ1) is 9.70. The molecular weight excluding hydrogens is 250 g/mol. The summed E-state index contributed by atoms with van der Waals surface area (Å²) < 4.78 is 7.37. The van der Waals surface area contributed by atoms with Gasteiger partial charge in [0.05, 0.1) is 18.1 Å². The minimum atomic E-state index is 0.841. The Kier molecular flexibility index (Phi) is 3.06. The first-order valence-electron chi connectivity index (χ1n) is 6.50. The van der Waals surface area contributed by atoms with E-state index in [2.05, 4.69) is 15.5 Å². The molecule has 4 nitrogen and oxygen atoms in total. The minimum Gasteiger partial charge on any atom is -0.497 e. The molecular formula is C16H17N3O. The lowest BCUT2D eigenvalue weighted by Crippen LogP contribution is -2.14. The molecule has 0 saturated carbocycles. The Morgan fingerprint density at radius 2 is 1.90 bits per heavy atom. The number of rotatable bonds is 3. The molecule has 20 heavy (non-hydrogen) atoms. The highest BCUT2D eigenvalue weighted by Gasteiger charge is 2.13. The third kappa shape index (κ3) is 1.99. The second-order valence-corrected chi connectivity index (χ2v) is 4.72. The predicted molar refractivity (Wildman–Crippen MR) is 81.8 cm³/mol. The zero-order valence-corrected chi connectivity index (χ0v) is 11.9. The Morgan fingerprint density at radius 3 is 2.65 bits per heavy atom. The summed E-state index contributed by atoms with van der Waals surface area (Å²) in [6.07, 6.45) is 0. The van der Waals surface area contributed by atoms with Crippen LogP contribution in [0.4, 0.5) is 11.6 Å². The molecule has 0 bridgehead atoms. The van der Waals surface area contributed by atoms with Crippen molar-refractivity contribution < 1.29 is 4.74 Å². The number of aryl methyl sites for hydroxylation is 1. The van der Waals surface area contributed by atoms with Gasteiger partial charge < -0.3 is 14.2 Å². The second-order valence-electron chi connectivity index (χ2n) is 4.72. The highest BCUT2D eigenvalue weighted by Crippen LogP contribution is 2.28. The molecule has 0 radical (unpaired) electrons. The average molecular weight is 267 g/mol. The maximum atomic E-state index is 5.28. The minimum absolute atomic E-state index is 0.841. The topological polar surface area (TPSA) is 30.3 Å². The summed E-state index contributed by atoms with van der Waals surface area (Å²) in [5, 5.41) is 0. The van der Waals surface area contributed by atoms with Gasteiger partial charge in [0, 0.05) is 25.8 Å². The van der Waals surface area contributed by atoms with Crippen molar-refractivity contribution in [3.8, 4) is 5.75 Å². The quantitative estimate of drug-likeness (QED) is 0.729. The number of fused-ring (bicyclic) bond motifs is 1. The van der Waals surface area contributed by atoms with Gasteiger partial charge in [-0.05, 0) is 24.3 Å². The number of methoxy groups -OCH3 is 1. The molecule has 0 spiro atoms. The molecule has 0 atom stereocenters. The van der Waals surface area contributed by atoms with Crippen LogP contribution in [0.3, 0.4) is 0 Å². The summed E-state index contributed by atoms with van der Waals surface area (Å²) in [4.78, 5) is 6.75. The molecule has 0 amide bonds. The van der Waals surface area contributed by atoms with E-state index in [1.807, 2.05) is 56.6 Å². The normalized spacial score (nSPS) is 10.8. The third-order valence-corrected chi connectivity index (χ3v) is 3.50. The van der Waals surface area contributed by atoms with E-state index in [0.29, 0.717) is 0 Å². The molecule has 102 valence electrons. The van der Waals surface area contributed by atoms with Crippen LogP contribution in [-0.2, 0) is 7.05 Å². The zero-order valence-electron chi connectivity index (χ0n) is 11.9. The first kappa shape index (κ1) is 12.5. The van der Waals surface area contributed by atoms with Gasteiger partial charge in [-0.25, -0.2) is 4.98 Å². The summed E-state index contributed by atoms with van der Waals surface area (Å²) in [6.45, 7) is 0. The number of nitrogens with zero attached hydrogens (tertiary/aromatic N) is 3. The van der Waals surface area contributed by atoms with E-state index >= 15 is 0 Å². The van der Waals surface area contributed by atoms with Crippen molar-refractivity contribution >= 4 is 22.7 Å². The maximum Gasteiger partial charge on any atom is 0.210 e. The van der Waals surface area contributed by atoms with Gasteiger partial charge in [0.15, 0.2) is 0 Å². The van der Waals surface area contributed by atoms with Gasteiger partial charge in [0.25, 0.3) is 0 Å². The van der Waals surface area contributed by atoms with E-state index in [-0.39, 0.29) is 0 Å². The van der Waals surface area contributed by atoms with Crippen LogP contribution in [0.25, 0.3) is 11.0 Å².